The molecule has 0 saturated carbocycles. The van der Waals surface area contributed by atoms with Gasteiger partial charge in [-0.25, -0.2) is 4.39 Å². The zero-order chi connectivity index (χ0) is 29.9. The fourth-order valence-electron chi connectivity index (χ4n) is 4.53. The van der Waals surface area contributed by atoms with Gasteiger partial charge in [0.05, 0.1) is 12.7 Å². The van der Waals surface area contributed by atoms with Crippen molar-refractivity contribution in [3.8, 4) is 28.6 Å². The molecular weight excluding hydrogens is 543 g/mol. The Bertz CT molecular complexity index is 1580. The van der Waals surface area contributed by atoms with Gasteiger partial charge in [0.15, 0.2) is 11.5 Å². The number of aromatic nitrogens is 4. The molecule has 42 heavy (non-hydrogen) atoms. The van der Waals surface area contributed by atoms with Gasteiger partial charge in [-0.2, -0.15) is 4.80 Å². The number of carbonyl (C=O) groups excluding carboxylic acids is 2. The maximum atomic E-state index is 14.3. The van der Waals surface area contributed by atoms with E-state index in [1.165, 1.54) is 17.0 Å². The Labute approximate surface area is 242 Å². The van der Waals surface area contributed by atoms with Crippen LogP contribution in [0.5, 0.6) is 17.2 Å². The first-order valence-corrected chi connectivity index (χ1v) is 13.3. The summed E-state index contributed by atoms with van der Waals surface area (Å²) in [4.78, 5) is 30.4. The Balaban J connectivity index is 1.51. The molecule has 4 aromatic rings. The van der Waals surface area contributed by atoms with Crippen molar-refractivity contribution in [2.45, 2.75) is 45.4 Å². The molecule has 1 atom stereocenters. The van der Waals surface area contributed by atoms with Gasteiger partial charge in [0.1, 0.15) is 24.2 Å². The van der Waals surface area contributed by atoms with Crippen LogP contribution in [0.2, 0.25) is 0 Å². The Morgan fingerprint density at radius 1 is 1.07 bits per heavy atom. The van der Waals surface area contributed by atoms with Gasteiger partial charge in [0.25, 0.3) is 0 Å². The quantitative estimate of drug-likeness (QED) is 0.320. The maximum absolute atomic E-state index is 14.3. The molecule has 0 aliphatic carbocycles. The zero-order valence-corrected chi connectivity index (χ0v) is 23.7. The fourth-order valence-corrected chi connectivity index (χ4v) is 4.53. The smallest absolute Gasteiger partial charge is 0.247 e. The molecule has 1 aliphatic heterocycles. The van der Waals surface area contributed by atoms with E-state index in [1.54, 1.807) is 55.6 Å². The summed E-state index contributed by atoms with van der Waals surface area (Å²) < 4.78 is 30.6. The van der Waals surface area contributed by atoms with Crippen molar-refractivity contribution in [2.75, 3.05) is 13.9 Å². The van der Waals surface area contributed by atoms with Crippen LogP contribution in [-0.2, 0) is 22.7 Å². The lowest BCUT2D eigenvalue weighted by atomic mass is 10.0. The number of hydrogen-bond acceptors (Lipinski definition) is 8. The first-order chi connectivity index (χ1) is 20.1. The van der Waals surface area contributed by atoms with Crippen molar-refractivity contribution >= 4 is 11.8 Å². The van der Waals surface area contributed by atoms with Crippen LogP contribution in [0, 0.1) is 5.82 Å². The van der Waals surface area contributed by atoms with Crippen LogP contribution in [-0.4, -0.2) is 56.4 Å². The maximum Gasteiger partial charge on any atom is 0.247 e. The second-order valence-corrected chi connectivity index (χ2v) is 10.7. The fraction of sp³-hybridized carbons (Fsp3) is 0.300. The molecule has 1 aromatic heterocycles. The topological polar surface area (TPSA) is 121 Å². The summed E-state index contributed by atoms with van der Waals surface area (Å²) in [7, 11) is 1.55. The van der Waals surface area contributed by atoms with E-state index in [-0.39, 0.29) is 37.2 Å². The highest BCUT2D eigenvalue weighted by Crippen LogP contribution is 2.34. The number of halogens is 1. The number of methoxy groups -OCH3 is 1. The van der Waals surface area contributed by atoms with E-state index < -0.39 is 23.3 Å². The Kier molecular flexibility index (Phi) is 8.05. The Morgan fingerprint density at radius 3 is 2.52 bits per heavy atom. The van der Waals surface area contributed by atoms with E-state index in [0.717, 1.165) is 4.80 Å². The second kappa shape index (κ2) is 11.9. The van der Waals surface area contributed by atoms with Crippen molar-refractivity contribution in [1.82, 2.24) is 30.4 Å². The minimum atomic E-state index is -1.03. The summed E-state index contributed by atoms with van der Waals surface area (Å²) >= 11 is 0. The minimum absolute atomic E-state index is 0.0420. The molecule has 2 amide bonds. The van der Waals surface area contributed by atoms with E-state index in [0.29, 0.717) is 28.4 Å². The highest BCUT2D eigenvalue weighted by molar-refractivity contribution is 5.89. The Morgan fingerprint density at radius 2 is 1.81 bits per heavy atom. The lowest BCUT2D eigenvalue weighted by molar-refractivity contribution is -0.143. The monoisotopic (exact) mass is 574 g/mol. The van der Waals surface area contributed by atoms with Crippen LogP contribution in [0.4, 0.5) is 4.39 Å². The highest BCUT2D eigenvalue weighted by Gasteiger charge is 2.34. The third-order valence-corrected chi connectivity index (χ3v) is 6.44. The molecule has 1 N–H and O–H groups in total. The highest BCUT2D eigenvalue weighted by atomic mass is 19.1. The molecule has 2 heterocycles. The zero-order valence-electron chi connectivity index (χ0n) is 23.7. The number of rotatable bonds is 9. The van der Waals surface area contributed by atoms with E-state index in [1.807, 2.05) is 26.8 Å². The lowest BCUT2D eigenvalue weighted by Gasteiger charge is -2.34. The van der Waals surface area contributed by atoms with Crippen molar-refractivity contribution in [2.24, 2.45) is 0 Å². The number of amides is 2. The molecule has 218 valence electrons. The van der Waals surface area contributed by atoms with Gasteiger partial charge < -0.3 is 24.4 Å². The number of tetrazole rings is 1. The van der Waals surface area contributed by atoms with Crippen molar-refractivity contribution in [1.29, 1.82) is 0 Å². The van der Waals surface area contributed by atoms with Gasteiger partial charge in [-0.1, -0.05) is 30.3 Å². The third-order valence-electron chi connectivity index (χ3n) is 6.44. The molecule has 0 bridgehead atoms. The molecule has 5 rings (SSSR count). The molecule has 1 aliphatic rings. The van der Waals surface area contributed by atoms with Crippen LogP contribution in [0.25, 0.3) is 11.4 Å². The predicted molar refractivity (Wildman–Crippen MR) is 150 cm³/mol. The summed E-state index contributed by atoms with van der Waals surface area (Å²) in [6.45, 7) is 5.41. The summed E-state index contributed by atoms with van der Waals surface area (Å²) in [5.41, 5.74) is 0.879. The second-order valence-electron chi connectivity index (χ2n) is 10.7. The number of ether oxygens (including phenoxy) is 3. The normalized spacial score (nSPS) is 13.0. The molecule has 0 spiro atoms. The number of fused-ring (bicyclic) bond motifs is 1. The minimum Gasteiger partial charge on any atom is -0.497 e. The van der Waals surface area contributed by atoms with E-state index in [9.17, 15) is 14.0 Å². The number of nitrogens with zero attached hydrogens (tertiary/aromatic N) is 5. The largest absolute Gasteiger partial charge is 0.497 e. The lowest BCUT2D eigenvalue weighted by Crippen LogP contribution is -2.49. The van der Waals surface area contributed by atoms with Crippen molar-refractivity contribution in [3.05, 3.63) is 83.7 Å². The van der Waals surface area contributed by atoms with Gasteiger partial charge in [0, 0.05) is 12.1 Å². The molecular formula is C30H31FN6O5. The van der Waals surface area contributed by atoms with Crippen molar-refractivity contribution in [3.63, 3.8) is 0 Å². The Hall–Kier alpha value is -5.00. The molecule has 11 nitrogen and oxygen atoms in total. The summed E-state index contributed by atoms with van der Waals surface area (Å²) in [6, 6.07) is 17.3. The SMILES string of the molecule is COc1ccc([C@@H](C(=O)NC(C)(C)C)N(Cc2ccc3c(c2)OCO3)C(=O)Cn2nnc(-c3ccccc3F)n2)cc1. The average molecular weight is 575 g/mol. The van der Waals surface area contributed by atoms with Gasteiger partial charge in [-0.05, 0) is 73.5 Å². The third kappa shape index (κ3) is 6.48. The number of carbonyl (C=O) groups is 2. The summed E-state index contributed by atoms with van der Waals surface area (Å²) in [5, 5.41) is 15.1. The van der Waals surface area contributed by atoms with Crippen LogP contribution < -0.4 is 19.5 Å². The van der Waals surface area contributed by atoms with E-state index in [4.69, 9.17) is 14.2 Å². The van der Waals surface area contributed by atoms with E-state index >= 15 is 0 Å². The van der Waals surface area contributed by atoms with Gasteiger partial charge in [-0.15, -0.1) is 10.2 Å². The standard InChI is InChI=1S/C30H31FN6O5/c1-30(2,3)32-29(39)27(20-10-12-21(40-4)13-11-20)36(16-19-9-14-24-25(15-19)42-18-41-24)26(38)17-37-34-28(33-35-37)22-7-5-6-8-23(22)31/h5-15,27H,16-18H2,1-4H3,(H,32,39)/t27-/m0/s1. The van der Waals surface area contributed by atoms with E-state index in [2.05, 4.69) is 20.7 Å². The average Bonchev–Trinajstić information content (AvgIpc) is 3.61. The van der Waals surface area contributed by atoms with Crippen LogP contribution >= 0.6 is 0 Å². The first-order valence-electron chi connectivity index (χ1n) is 13.3. The van der Waals surface area contributed by atoms with Crippen LogP contribution in [0.15, 0.2) is 66.7 Å². The molecule has 0 saturated heterocycles. The predicted octanol–water partition coefficient (Wildman–Crippen LogP) is 3.90. The van der Waals surface area contributed by atoms with Crippen LogP contribution in [0.1, 0.15) is 37.9 Å². The van der Waals surface area contributed by atoms with Crippen LogP contribution in [0.3, 0.4) is 0 Å². The van der Waals surface area contributed by atoms with Crippen molar-refractivity contribution < 1.29 is 28.2 Å². The molecule has 3 aromatic carbocycles. The van der Waals surface area contributed by atoms with Gasteiger partial charge in [-0.3, -0.25) is 9.59 Å². The number of benzene rings is 3. The van der Waals surface area contributed by atoms with Gasteiger partial charge in [0.2, 0.25) is 24.4 Å². The summed E-state index contributed by atoms with van der Waals surface area (Å²) in [6.07, 6.45) is 0. The molecule has 12 heteroatoms. The number of nitrogens with one attached hydrogen (secondary N) is 1. The van der Waals surface area contributed by atoms with Gasteiger partial charge >= 0.3 is 0 Å². The summed E-state index contributed by atoms with van der Waals surface area (Å²) in [5.74, 6) is 0.450. The molecule has 0 fully saturated rings. The number of hydrogen-bond donors (Lipinski definition) is 1. The first kappa shape index (κ1) is 28.5. The molecule has 0 unspecified atom stereocenters. The molecule has 0 radical (unpaired) electrons.